The maximum absolute atomic E-state index is 13.2. The minimum absolute atomic E-state index is 0.0250. The molecule has 4 rings (SSSR count). The number of phenols is 1. The molecular weight excluding hydrogens is 530 g/mol. The minimum atomic E-state index is -4.47. The van der Waals surface area contributed by atoms with E-state index < -0.39 is 21.8 Å². The van der Waals surface area contributed by atoms with Gasteiger partial charge in [-0.1, -0.05) is 48.9 Å². The molecule has 3 N–H and O–H groups in total. The molecule has 0 radical (unpaired) electrons. The zero-order valence-corrected chi connectivity index (χ0v) is 22.0. The number of hydrogen-bond acceptors (Lipinski definition) is 7. The molecule has 0 fully saturated rings. The van der Waals surface area contributed by atoms with Crippen molar-refractivity contribution in [2.75, 3.05) is 11.9 Å². The van der Waals surface area contributed by atoms with Crippen LogP contribution in [-0.2, 0) is 16.5 Å². The number of hydrogen-bond donors (Lipinski definition) is 3. The number of benzene rings is 4. The molecule has 0 aliphatic carbocycles. The van der Waals surface area contributed by atoms with Crippen molar-refractivity contribution in [3.05, 3.63) is 82.9 Å². The van der Waals surface area contributed by atoms with E-state index in [1.807, 2.05) is 6.92 Å². The average Bonchev–Trinajstić information content (AvgIpc) is 2.88. The van der Waals surface area contributed by atoms with Gasteiger partial charge in [-0.15, -0.1) is 10.2 Å². The quantitative estimate of drug-likeness (QED) is 0.157. The van der Waals surface area contributed by atoms with Crippen molar-refractivity contribution in [3.63, 3.8) is 0 Å². The lowest BCUT2D eigenvalue weighted by atomic mass is 10.0. The average molecular weight is 554 g/mol. The second kappa shape index (κ2) is 11.2. The summed E-state index contributed by atoms with van der Waals surface area (Å²) in [5.74, 6) is -0.371. The molecule has 11 heteroatoms. The number of aryl methyl sites for hydroxylation is 1. The smallest absolute Gasteiger partial charge is 0.294 e. The highest BCUT2D eigenvalue weighted by Gasteiger charge is 2.20. The monoisotopic (exact) mass is 553 g/mol. The Kier molecular flexibility index (Phi) is 7.96. The third-order valence-corrected chi connectivity index (χ3v) is 6.81. The van der Waals surface area contributed by atoms with Crippen molar-refractivity contribution in [3.8, 4) is 11.5 Å². The van der Waals surface area contributed by atoms with Gasteiger partial charge in [0.15, 0.2) is 5.75 Å². The lowest BCUT2D eigenvalue weighted by molar-refractivity contribution is 0.102. The second-order valence-corrected chi connectivity index (χ2v) is 10.0. The molecule has 1 amide bonds. The zero-order chi connectivity index (χ0) is 27.4. The fourth-order valence-electron chi connectivity index (χ4n) is 3.88. The molecule has 196 valence electrons. The first kappa shape index (κ1) is 27.1. The number of amides is 1. The van der Waals surface area contributed by atoms with Gasteiger partial charge in [0.05, 0.1) is 22.1 Å². The van der Waals surface area contributed by atoms with Gasteiger partial charge in [-0.05, 0) is 54.6 Å². The Morgan fingerprint density at radius 1 is 1.00 bits per heavy atom. The number of halogens is 1. The van der Waals surface area contributed by atoms with E-state index in [0.717, 1.165) is 6.07 Å². The molecule has 0 saturated heterocycles. The molecule has 0 unspecified atom stereocenters. The number of carbonyl (C=O) groups excluding carboxylic acids is 1. The van der Waals surface area contributed by atoms with Crippen LogP contribution in [0.5, 0.6) is 11.5 Å². The maximum Gasteiger partial charge on any atom is 0.294 e. The first-order chi connectivity index (χ1) is 18.1. The Hall–Kier alpha value is -3.99. The molecule has 0 bridgehead atoms. The molecule has 0 saturated carbocycles. The Morgan fingerprint density at radius 2 is 1.74 bits per heavy atom. The molecule has 4 aromatic carbocycles. The van der Waals surface area contributed by atoms with Gasteiger partial charge >= 0.3 is 0 Å². The molecule has 38 heavy (non-hydrogen) atoms. The van der Waals surface area contributed by atoms with Crippen molar-refractivity contribution in [2.45, 2.75) is 25.2 Å². The van der Waals surface area contributed by atoms with Gasteiger partial charge in [0.1, 0.15) is 17.1 Å². The molecular formula is C27H24ClN3O6S. The number of carbonyl (C=O) groups is 1. The normalized spacial score (nSPS) is 11.7. The van der Waals surface area contributed by atoms with Gasteiger partial charge in [-0.3, -0.25) is 9.35 Å². The lowest BCUT2D eigenvalue weighted by Crippen LogP contribution is -2.12. The molecule has 9 nitrogen and oxygen atoms in total. The van der Waals surface area contributed by atoms with Gasteiger partial charge in [0.2, 0.25) is 0 Å². The Morgan fingerprint density at radius 3 is 2.45 bits per heavy atom. The van der Waals surface area contributed by atoms with Crippen LogP contribution in [0.4, 0.5) is 17.1 Å². The Labute approximate surface area is 224 Å². The topological polar surface area (TPSA) is 138 Å². The maximum atomic E-state index is 13.2. The summed E-state index contributed by atoms with van der Waals surface area (Å²) in [6.45, 7) is 4.09. The van der Waals surface area contributed by atoms with E-state index in [-0.39, 0.29) is 26.9 Å². The van der Waals surface area contributed by atoms with Gasteiger partial charge in [0.25, 0.3) is 16.0 Å². The van der Waals surface area contributed by atoms with Crippen LogP contribution < -0.4 is 10.1 Å². The number of azo groups is 1. The van der Waals surface area contributed by atoms with E-state index in [2.05, 4.69) is 15.5 Å². The number of anilines is 1. The van der Waals surface area contributed by atoms with Crippen LogP contribution in [-0.4, -0.2) is 30.6 Å². The van der Waals surface area contributed by atoms with Crippen LogP contribution >= 0.6 is 11.6 Å². The fraction of sp³-hybridized carbons (Fsp3) is 0.148. The summed E-state index contributed by atoms with van der Waals surface area (Å²) in [6.07, 6.45) is 0.341. The van der Waals surface area contributed by atoms with E-state index in [1.165, 1.54) is 6.07 Å². The van der Waals surface area contributed by atoms with E-state index in [9.17, 15) is 22.9 Å². The van der Waals surface area contributed by atoms with E-state index in [0.29, 0.717) is 40.8 Å². The van der Waals surface area contributed by atoms with Gasteiger partial charge in [-0.2, -0.15) is 8.42 Å². The predicted molar refractivity (Wildman–Crippen MR) is 146 cm³/mol. The fourth-order valence-corrected chi connectivity index (χ4v) is 4.78. The van der Waals surface area contributed by atoms with Crippen LogP contribution in [0.3, 0.4) is 0 Å². The summed E-state index contributed by atoms with van der Waals surface area (Å²) in [7, 11) is -4.47. The standard InChI is InChI=1S/C27H24ClN3O6S/c1-3-16-12-20(38(34,35)36)15-23(28)24(16)30-31-25-21-11-6-5-8-17(21)13-22(26(25)32)27(33)29-18-9-7-10-19(14-18)37-4-2/h5-15,32H,3-4H2,1-2H3,(H,29,33)(H,34,35,36). The number of nitrogens with zero attached hydrogens (tertiary/aromatic N) is 2. The highest BCUT2D eigenvalue weighted by atomic mass is 35.5. The van der Waals surface area contributed by atoms with Crippen molar-refractivity contribution in [2.24, 2.45) is 10.2 Å². The molecule has 4 aromatic rings. The van der Waals surface area contributed by atoms with Crippen LogP contribution in [0.1, 0.15) is 29.8 Å². The molecule has 0 spiro atoms. The van der Waals surface area contributed by atoms with Crippen molar-refractivity contribution < 1.29 is 27.6 Å². The number of fused-ring (bicyclic) bond motifs is 1. The number of aromatic hydroxyl groups is 1. The SMILES string of the molecule is CCOc1cccc(NC(=O)c2cc3ccccc3c(N=Nc3c(Cl)cc(S(=O)(=O)O)cc3CC)c2O)c1. The van der Waals surface area contributed by atoms with E-state index >= 15 is 0 Å². The highest BCUT2D eigenvalue weighted by molar-refractivity contribution is 7.85. The van der Waals surface area contributed by atoms with Crippen molar-refractivity contribution in [1.82, 2.24) is 0 Å². The number of rotatable bonds is 8. The van der Waals surface area contributed by atoms with E-state index in [4.69, 9.17) is 16.3 Å². The molecule has 0 aromatic heterocycles. The zero-order valence-electron chi connectivity index (χ0n) is 20.5. The van der Waals surface area contributed by atoms with Crippen LogP contribution in [0, 0.1) is 0 Å². The number of nitrogens with one attached hydrogen (secondary N) is 1. The Bertz CT molecular complexity index is 1670. The third kappa shape index (κ3) is 5.77. The van der Waals surface area contributed by atoms with Gasteiger partial charge in [-0.25, -0.2) is 0 Å². The summed E-state index contributed by atoms with van der Waals surface area (Å²) in [5, 5.41) is 23.4. The summed E-state index contributed by atoms with van der Waals surface area (Å²) in [4.78, 5) is 12.8. The van der Waals surface area contributed by atoms with Gasteiger partial charge < -0.3 is 15.2 Å². The first-order valence-electron chi connectivity index (χ1n) is 11.6. The number of phenolic OH excluding ortho intramolecular Hbond substituents is 1. The summed E-state index contributed by atoms with van der Waals surface area (Å²) in [6, 6.07) is 17.8. The van der Waals surface area contributed by atoms with Gasteiger partial charge in [0, 0.05) is 17.1 Å². The third-order valence-electron chi connectivity index (χ3n) is 5.69. The minimum Gasteiger partial charge on any atom is -0.505 e. The second-order valence-electron chi connectivity index (χ2n) is 8.20. The van der Waals surface area contributed by atoms with Crippen LogP contribution in [0.15, 0.2) is 81.9 Å². The molecule has 0 heterocycles. The largest absolute Gasteiger partial charge is 0.505 e. The predicted octanol–water partition coefficient (Wildman–Crippen LogP) is 7.07. The lowest BCUT2D eigenvalue weighted by Gasteiger charge is -2.12. The van der Waals surface area contributed by atoms with Crippen molar-refractivity contribution >= 4 is 55.5 Å². The summed E-state index contributed by atoms with van der Waals surface area (Å²) < 4.78 is 38.0. The Balaban J connectivity index is 1.78. The molecule has 0 atom stereocenters. The van der Waals surface area contributed by atoms with Crippen LogP contribution in [0.2, 0.25) is 5.02 Å². The number of ether oxygens (including phenoxy) is 1. The van der Waals surface area contributed by atoms with Crippen LogP contribution in [0.25, 0.3) is 10.8 Å². The molecule has 0 aliphatic heterocycles. The van der Waals surface area contributed by atoms with Crippen molar-refractivity contribution in [1.29, 1.82) is 0 Å². The summed E-state index contributed by atoms with van der Waals surface area (Å²) >= 11 is 6.28. The summed E-state index contributed by atoms with van der Waals surface area (Å²) in [5.41, 5.74) is 1.08. The molecule has 0 aliphatic rings. The van der Waals surface area contributed by atoms with E-state index in [1.54, 1.807) is 61.5 Å². The highest BCUT2D eigenvalue weighted by Crippen LogP contribution is 2.41. The first-order valence-corrected chi connectivity index (χ1v) is 13.4.